The molecule has 0 aromatic heterocycles. The summed E-state index contributed by atoms with van der Waals surface area (Å²) in [6.45, 7) is 0.312. The molecule has 6 nitrogen and oxygen atoms in total. The number of carboxylic acids is 2. The van der Waals surface area contributed by atoms with E-state index in [1.165, 1.54) is 0 Å². The fraction of sp³-hybridized carbons (Fsp3) is 0.800. The second-order valence-corrected chi connectivity index (χ2v) is 4.01. The first-order valence-corrected chi connectivity index (χ1v) is 5.52. The van der Waals surface area contributed by atoms with Crippen LogP contribution in [0.5, 0.6) is 0 Å². The van der Waals surface area contributed by atoms with Crippen LogP contribution in [0.1, 0.15) is 25.7 Å². The Morgan fingerprint density at radius 2 is 1.79 bits per heavy atom. The summed E-state index contributed by atoms with van der Waals surface area (Å²) in [6.07, 6.45) is -1.96. The second-order valence-electron chi connectivity index (χ2n) is 4.01. The lowest BCUT2D eigenvalue weighted by Crippen LogP contribution is -2.21. The molecule has 1 aliphatic rings. The molecule has 4 N–H and O–H groups in total. The summed E-state index contributed by atoms with van der Waals surface area (Å²) in [6, 6.07) is 0.250. The number of alkyl halides is 3. The number of aliphatic carboxylic acids is 2. The topological polar surface area (TPSA) is 110 Å². The Balaban J connectivity index is 0.000000399. The van der Waals surface area contributed by atoms with Crippen molar-refractivity contribution in [2.75, 3.05) is 6.61 Å². The fourth-order valence-corrected chi connectivity index (χ4v) is 1.44. The first kappa shape index (κ1) is 17.6. The van der Waals surface area contributed by atoms with Crippen LogP contribution >= 0.6 is 0 Å². The van der Waals surface area contributed by atoms with Gasteiger partial charge in [0.15, 0.2) is 0 Å². The molecule has 0 aliphatic heterocycles. The van der Waals surface area contributed by atoms with Crippen molar-refractivity contribution in [3.8, 4) is 0 Å². The van der Waals surface area contributed by atoms with E-state index in [-0.39, 0.29) is 18.6 Å². The van der Waals surface area contributed by atoms with Gasteiger partial charge in [0.05, 0.1) is 19.1 Å². The standard InChI is InChI=1S/C8H15NO3.C2HF3O2/c9-6-1-2-7(5-6)12-4-3-8(10)11;3-2(4,5)1(6)7/h6-7H,1-5,9H2,(H,10,11);(H,6,7). The molecule has 112 valence electrons. The molecule has 0 amide bonds. The van der Waals surface area contributed by atoms with Gasteiger partial charge in [-0.1, -0.05) is 0 Å². The maximum absolute atomic E-state index is 10.6. The average Bonchev–Trinajstić information content (AvgIpc) is 2.63. The second kappa shape index (κ2) is 7.95. The minimum absolute atomic E-state index is 0.0890. The van der Waals surface area contributed by atoms with Crippen LogP contribution in [-0.4, -0.2) is 47.1 Å². The van der Waals surface area contributed by atoms with Crippen molar-refractivity contribution in [2.45, 2.75) is 44.0 Å². The molecule has 0 bridgehead atoms. The van der Waals surface area contributed by atoms with E-state index >= 15 is 0 Å². The minimum atomic E-state index is -5.08. The normalized spacial score (nSPS) is 22.5. The highest BCUT2D eigenvalue weighted by Gasteiger charge is 2.38. The van der Waals surface area contributed by atoms with E-state index in [4.69, 9.17) is 25.5 Å². The number of halogens is 3. The Morgan fingerprint density at radius 1 is 1.26 bits per heavy atom. The molecule has 9 heteroatoms. The van der Waals surface area contributed by atoms with Crippen molar-refractivity contribution < 1.29 is 37.7 Å². The summed E-state index contributed by atoms with van der Waals surface area (Å²) >= 11 is 0. The van der Waals surface area contributed by atoms with Crippen LogP contribution in [0.2, 0.25) is 0 Å². The molecule has 2 atom stereocenters. The summed E-state index contributed by atoms with van der Waals surface area (Å²) in [5.74, 6) is -3.57. The van der Waals surface area contributed by atoms with Crippen molar-refractivity contribution in [3.05, 3.63) is 0 Å². The lowest BCUT2D eigenvalue weighted by molar-refractivity contribution is -0.192. The molecule has 0 heterocycles. The molecule has 1 fully saturated rings. The smallest absolute Gasteiger partial charge is 0.481 e. The highest BCUT2D eigenvalue weighted by Crippen LogP contribution is 2.20. The number of ether oxygens (including phenoxy) is 1. The third-order valence-electron chi connectivity index (χ3n) is 2.34. The molecule has 1 rings (SSSR count). The van der Waals surface area contributed by atoms with E-state index in [9.17, 15) is 18.0 Å². The zero-order valence-corrected chi connectivity index (χ0v) is 10.0. The quantitative estimate of drug-likeness (QED) is 0.711. The van der Waals surface area contributed by atoms with Crippen molar-refractivity contribution >= 4 is 11.9 Å². The number of carbonyl (C=O) groups is 2. The van der Waals surface area contributed by atoms with Crippen molar-refractivity contribution in [2.24, 2.45) is 5.73 Å². The molecule has 1 saturated carbocycles. The van der Waals surface area contributed by atoms with Crippen LogP contribution in [0, 0.1) is 0 Å². The van der Waals surface area contributed by atoms with Gasteiger partial charge in [-0.3, -0.25) is 4.79 Å². The molecular weight excluding hydrogens is 271 g/mol. The molecule has 0 aromatic carbocycles. The predicted octanol–water partition coefficient (Wildman–Crippen LogP) is 0.991. The van der Waals surface area contributed by atoms with Crippen molar-refractivity contribution in [3.63, 3.8) is 0 Å². The van der Waals surface area contributed by atoms with E-state index in [0.29, 0.717) is 6.61 Å². The lowest BCUT2D eigenvalue weighted by Gasteiger charge is -2.09. The number of nitrogens with two attached hydrogens (primary N) is 1. The first-order valence-electron chi connectivity index (χ1n) is 5.52. The molecule has 1 aliphatic carbocycles. The van der Waals surface area contributed by atoms with Crippen LogP contribution in [0.25, 0.3) is 0 Å². The summed E-state index contributed by atoms with van der Waals surface area (Å²) < 4.78 is 37.1. The van der Waals surface area contributed by atoms with Gasteiger partial charge in [-0.2, -0.15) is 13.2 Å². The van der Waals surface area contributed by atoms with Crippen LogP contribution in [0.4, 0.5) is 13.2 Å². The van der Waals surface area contributed by atoms with Gasteiger partial charge in [0.25, 0.3) is 0 Å². The maximum atomic E-state index is 10.6. The molecule has 19 heavy (non-hydrogen) atoms. The highest BCUT2D eigenvalue weighted by molar-refractivity contribution is 5.73. The zero-order chi connectivity index (χ0) is 15.1. The third kappa shape index (κ3) is 9.25. The van der Waals surface area contributed by atoms with Crippen molar-refractivity contribution in [1.29, 1.82) is 0 Å². The predicted molar refractivity (Wildman–Crippen MR) is 57.5 cm³/mol. The minimum Gasteiger partial charge on any atom is -0.481 e. The summed E-state index contributed by atoms with van der Waals surface area (Å²) in [4.78, 5) is 19.0. The van der Waals surface area contributed by atoms with Crippen LogP contribution in [0.3, 0.4) is 0 Å². The largest absolute Gasteiger partial charge is 0.490 e. The fourth-order valence-electron chi connectivity index (χ4n) is 1.44. The van der Waals surface area contributed by atoms with Gasteiger partial charge in [0, 0.05) is 6.04 Å². The van der Waals surface area contributed by atoms with Crippen LogP contribution < -0.4 is 5.73 Å². The van der Waals surface area contributed by atoms with E-state index < -0.39 is 18.1 Å². The van der Waals surface area contributed by atoms with E-state index in [1.54, 1.807) is 0 Å². The summed E-state index contributed by atoms with van der Waals surface area (Å²) in [5.41, 5.74) is 5.66. The molecule has 0 radical (unpaired) electrons. The Morgan fingerprint density at radius 3 is 2.11 bits per heavy atom. The SMILES string of the molecule is NC1CCC(OCCC(=O)O)C1.O=C(O)C(F)(F)F. The van der Waals surface area contributed by atoms with E-state index in [1.807, 2.05) is 0 Å². The van der Waals surface area contributed by atoms with Gasteiger partial charge in [-0.05, 0) is 19.3 Å². The number of carboxylic acid groups (broad SMARTS) is 2. The van der Waals surface area contributed by atoms with E-state index in [0.717, 1.165) is 19.3 Å². The lowest BCUT2D eigenvalue weighted by atomic mass is 10.3. The first-order chi connectivity index (χ1) is 8.62. The molecule has 2 unspecified atom stereocenters. The zero-order valence-electron chi connectivity index (χ0n) is 10.0. The van der Waals surface area contributed by atoms with Gasteiger partial charge in [-0.25, -0.2) is 4.79 Å². The molecule has 0 spiro atoms. The highest BCUT2D eigenvalue weighted by atomic mass is 19.4. The molecule has 0 aromatic rings. The number of hydrogen-bond acceptors (Lipinski definition) is 4. The summed E-state index contributed by atoms with van der Waals surface area (Å²) in [7, 11) is 0. The van der Waals surface area contributed by atoms with Crippen LogP contribution in [0.15, 0.2) is 0 Å². The van der Waals surface area contributed by atoms with Gasteiger partial charge < -0.3 is 20.7 Å². The Bertz CT molecular complexity index is 308. The van der Waals surface area contributed by atoms with Gasteiger partial charge >= 0.3 is 18.1 Å². The Hall–Kier alpha value is -1.35. The number of hydrogen-bond donors (Lipinski definition) is 3. The van der Waals surface area contributed by atoms with E-state index in [2.05, 4.69) is 0 Å². The molecule has 0 saturated heterocycles. The van der Waals surface area contributed by atoms with Crippen molar-refractivity contribution in [1.82, 2.24) is 0 Å². The van der Waals surface area contributed by atoms with Crippen LogP contribution in [-0.2, 0) is 14.3 Å². The summed E-state index contributed by atoms with van der Waals surface area (Å²) in [5, 5.41) is 15.5. The number of rotatable bonds is 4. The Kier molecular flexibility index (Phi) is 7.38. The third-order valence-corrected chi connectivity index (χ3v) is 2.34. The monoisotopic (exact) mass is 287 g/mol. The maximum Gasteiger partial charge on any atom is 0.490 e. The molecular formula is C10H16F3NO5. The van der Waals surface area contributed by atoms with Gasteiger partial charge in [-0.15, -0.1) is 0 Å². The Labute approximate surface area is 107 Å². The average molecular weight is 287 g/mol. The van der Waals surface area contributed by atoms with Gasteiger partial charge in [0.1, 0.15) is 0 Å². The van der Waals surface area contributed by atoms with Gasteiger partial charge in [0.2, 0.25) is 0 Å².